The summed E-state index contributed by atoms with van der Waals surface area (Å²) in [6.45, 7) is 1.59. The van der Waals surface area contributed by atoms with Crippen LogP contribution in [0.4, 0.5) is 10.5 Å². The number of nitrogens with zero attached hydrogens (tertiary/aromatic N) is 4. The lowest BCUT2D eigenvalue weighted by atomic mass is 9.97. The first-order valence-electron chi connectivity index (χ1n) is 11.6. The van der Waals surface area contributed by atoms with Crippen molar-refractivity contribution >= 4 is 28.7 Å². The number of hydrogen-bond donors (Lipinski definition) is 3. The summed E-state index contributed by atoms with van der Waals surface area (Å²) in [6, 6.07) is 5.91. The minimum Gasteiger partial charge on any atom is -0.486 e. The Balaban J connectivity index is 1.24. The van der Waals surface area contributed by atoms with Crippen molar-refractivity contribution in [1.29, 1.82) is 0 Å². The SMILES string of the molecule is COc1ccc2nccc(NC(=O)[C@@H]3CC[C@@H](NCc4cc5c(cn4)OCCO5)CN3C(=O)O)c2n1. The predicted molar refractivity (Wildman–Crippen MR) is 128 cm³/mol. The quantitative estimate of drug-likeness (QED) is 0.465. The molecule has 2 amide bonds. The number of piperidine rings is 1. The van der Waals surface area contributed by atoms with Crippen molar-refractivity contribution in [3.63, 3.8) is 0 Å². The Bertz CT molecular complexity index is 1290. The highest BCUT2D eigenvalue weighted by Crippen LogP contribution is 2.29. The van der Waals surface area contributed by atoms with E-state index in [0.717, 1.165) is 5.69 Å². The maximum absolute atomic E-state index is 13.2. The Kier molecular flexibility index (Phi) is 6.67. The number of methoxy groups -OCH3 is 1. The number of nitrogens with one attached hydrogen (secondary N) is 2. The van der Waals surface area contributed by atoms with E-state index in [-0.39, 0.29) is 12.6 Å². The molecule has 5 heterocycles. The van der Waals surface area contributed by atoms with E-state index in [9.17, 15) is 14.7 Å². The highest BCUT2D eigenvalue weighted by atomic mass is 16.6. The van der Waals surface area contributed by atoms with Gasteiger partial charge in [-0.05, 0) is 25.0 Å². The number of amides is 2. The van der Waals surface area contributed by atoms with Crippen LogP contribution in [0, 0.1) is 0 Å². The van der Waals surface area contributed by atoms with Gasteiger partial charge in [-0.3, -0.25) is 19.7 Å². The molecule has 3 N–H and O–H groups in total. The minimum absolute atomic E-state index is 0.132. The number of pyridine rings is 3. The second-order valence-corrected chi connectivity index (χ2v) is 8.49. The van der Waals surface area contributed by atoms with Crippen LogP contribution in [-0.4, -0.2) is 75.9 Å². The van der Waals surface area contributed by atoms with E-state index in [1.807, 2.05) is 6.07 Å². The smallest absolute Gasteiger partial charge is 0.408 e. The normalized spacial score (nSPS) is 19.1. The molecular formula is C24H26N6O6. The molecule has 0 aromatic carbocycles. The minimum atomic E-state index is -1.15. The van der Waals surface area contributed by atoms with Crippen LogP contribution in [-0.2, 0) is 11.3 Å². The topological polar surface area (TPSA) is 148 Å². The van der Waals surface area contributed by atoms with Crippen LogP contribution in [0.3, 0.4) is 0 Å². The van der Waals surface area contributed by atoms with Crippen molar-refractivity contribution in [2.75, 3.05) is 32.2 Å². The predicted octanol–water partition coefficient (Wildman–Crippen LogP) is 2.04. The van der Waals surface area contributed by atoms with E-state index >= 15 is 0 Å². The molecule has 3 aromatic rings. The lowest BCUT2D eigenvalue weighted by Gasteiger charge is -2.37. The van der Waals surface area contributed by atoms with E-state index in [0.29, 0.717) is 66.7 Å². The van der Waals surface area contributed by atoms with Gasteiger partial charge in [-0.2, -0.15) is 0 Å². The van der Waals surface area contributed by atoms with Crippen molar-refractivity contribution in [3.8, 4) is 17.4 Å². The summed E-state index contributed by atoms with van der Waals surface area (Å²) in [6.07, 6.45) is 3.02. The Hall–Kier alpha value is -4.19. The number of carbonyl (C=O) groups is 2. The van der Waals surface area contributed by atoms with Crippen molar-refractivity contribution < 1.29 is 28.9 Å². The second kappa shape index (κ2) is 10.2. The highest BCUT2D eigenvalue weighted by molar-refractivity contribution is 6.02. The Morgan fingerprint density at radius 3 is 2.81 bits per heavy atom. The molecule has 0 aliphatic carbocycles. The zero-order valence-electron chi connectivity index (χ0n) is 19.6. The molecule has 2 atom stereocenters. The van der Waals surface area contributed by atoms with Crippen molar-refractivity contribution in [2.45, 2.75) is 31.5 Å². The van der Waals surface area contributed by atoms with E-state index < -0.39 is 18.0 Å². The van der Waals surface area contributed by atoms with E-state index in [1.54, 1.807) is 30.6 Å². The number of hydrogen-bond acceptors (Lipinski definition) is 9. The van der Waals surface area contributed by atoms with E-state index in [2.05, 4.69) is 25.6 Å². The monoisotopic (exact) mass is 494 g/mol. The van der Waals surface area contributed by atoms with Gasteiger partial charge in [-0.15, -0.1) is 0 Å². The fourth-order valence-electron chi connectivity index (χ4n) is 4.39. The maximum atomic E-state index is 13.2. The molecule has 0 bridgehead atoms. The first kappa shape index (κ1) is 23.5. The van der Waals surface area contributed by atoms with Crippen LogP contribution in [0.1, 0.15) is 18.5 Å². The molecular weight excluding hydrogens is 468 g/mol. The molecule has 1 saturated heterocycles. The van der Waals surface area contributed by atoms with Gasteiger partial charge in [0.05, 0.1) is 30.2 Å². The number of anilines is 1. The largest absolute Gasteiger partial charge is 0.486 e. The van der Waals surface area contributed by atoms with Crippen LogP contribution < -0.4 is 24.8 Å². The van der Waals surface area contributed by atoms with Gasteiger partial charge in [0, 0.05) is 37.5 Å². The van der Waals surface area contributed by atoms with Gasteiger partial charge < -0.3 is 30.0 Å². The summed E-state index contributed by atoms with van der Waals surface area (Å²) >= 11 is 0. The molecule has 0 spiro atoms. The molecule has 5 rings (SSSR count). The number of aromatic nitrogens is 3. The number of fused-ring (bicyclic) bond motifs is 2. The number of ether oxygens (including phenoxy) is 3. The average Bonchev–Trinajstić information content (AvgIpc) is 2.91. The molecule has 2 aliphatic heterocycles. The second-order valence-electron chi connectivity index (χ2n) is 8.49. The summed E-state index contributed by atoms with van der Waals surface area (Å²) in [5, 5.41) is 16.0. The third kappa shape index (κ3) is 4.93. The van der Waals surface area contributed by atoms with Crippen LogP contribution in [0.5, 0.6) is 17.4 Å². The number of likely N-dealkylation sites (tertiary alicyclic amines) is 1. The van der Waals surface area contributed by atoms with E-state index in [1.165, 1.54) is 12.0 Å². The van der Waals surface area contributed by atoms with Crippen molar-refractivity contribution in [1.82, 2.24) is 25.2 Å². The summed E-state index contributed by atoms with van der Waals surface area (Å²) in [4.78, 5) is 39.4. The first-order chi connectivity index (χ1) is 17.5. The number of rotatable bonds is 6. The first-order valence-corrected chi connectivity index (χ1v) is 11.6. The Morgan fingerprint density at radius 1 is 1.17 bits per heavy atom. The summed E-state index contributed by atoms with van der Waals surface area (Å²) in [7, 11) is 1.50. The van der Waals surface area contributed by atoms with Crippen molar-refractivity contribution in [3.05, 3.63) is 42.4 Å². The maximum Gasteiger partial charge on any atom is 0.408 e. The lowest BCUT2D eigenvalue weighted by Crippen LogP contribution is -2.56. The molecule has 3 aromatic heterocycles. The summed E-state index contributed by atoms with van der Waals surface area (Å²) < 4.78 is 16.3. The van der Waals surface area contributed by atoms with Gasteiger partial charge in [-0.1, -0.05) is 0 Å². The Labute approximate surface area is 206 Å². The van der Waals surface area contributed by atoms with Gasteiger partial charge in [0.2, 0.25) is 11.8 Å². The molecule has 1 fully saturated rings. The van der Waals surface area contributed by atoms with Gasteiger partial charge in [0.1, 0.15) is 24.8 Å². The third-order valence-electron chi connectivity index (χ3n) is 6.21. The van der Waals surface area contributed by atoms with Gasteiger partial charge in [0.15, 0.2) is 11.5 Å². The van der Waals surface area contributed by atoms with Crippen molar-refractivity contribution in [2.24, 2.45) is 0 Å². The van der Waals surface area contributed by atoms with Gasteiger partial charge >= 0.3 is 6.09 Å². The summed E-state index contributed by atoms with van der Waals surface area (Å²) in [5.41, 5.74) is 2.26. The zero-order valence-corrected chi connectivity index (χ0v) is 19.6. The zero-order chi connectivity index (χ0) is 25.1. The van der Waals surface area contributed by atoms with Gasteiger partial charge in [-0.25, -0.2) is 9.78 Å². The molecule has 0 radical (unpaired) electrons. The molecule has 2 aliphatic rings. The average molecular weight is 495 g/mol. The van der Waals surface area contributed by atoms with Crippen LogP contribution in [0.25, 0.3) is 11.0 Å². The number of carbonyl (C=O) groups excluding carboxylic acids is 1. The molecule has 0 unspecified atom stereocenters. The van der Waals surface area contributed by atoms with E-state index in [4.69, 9.17) is 14.2 Å². The third-order valence-corrected chi connectivity index (χ3v) is 6.21. The van der Waals surface area contributed by atoms with Crippen LogP contribution in [0.2, 0.25) is 0 Å². The molecule has 188 valence electrons. The number of carboxylic acid groups (broad SMARTS) is 1. The molecule has 36 heavy (non-hydrogen) atoms. The summed E-state index contributed by atoms with van der Waals surface area (Å²) in [5.74, 6) is 1.24. The van der Waals surface area contributed by atoms with Crippen LogP contribution in [0.15, 0.2) is 36.7 Å². The molecule has 12 nitrogen and oxygen atoms in total. The fraction of sp³-hybridized carbons (Fsp3) is 0.375. The van der Waals surface area contributed by atoms with Gasteiger partial charge in [0.25, 0.3) is 0 Å². The van der Waals surface area contributed by atoms with Crippen LogP contribution >= 0.6 is 0 Å². The highest BCUT2D eigenvalue weighted by Gasteiger charge is 2.36. The fourth-order valence-corrected chi connectivity index (χ4v) is 4.39. The molecule has 0 saturated carbocycles. The standard InChI is InChI=1S/C24H26N6O6/c1-34-21-5-3-16-22(29-21)17(6-7-25-16)28-23(31)18-4-2-14(13-30(18)24(32)33)26-11-15-10-19-20(12-27-15)36-9-8-35-19/h3,5-7,10,12,14,18,26H,2,4,8-9,11,13H2,1H3,(H,32,33)(H,25,28,31)/t14-,18+/m1/s1. The molecule has 12 heteroatoms. The Morgan fingerprint density at radius 2 is 2.00 bits per heavy atom. The lowest BCUT2D eigenvalue weighted by molar-refractivity contribution is -0.122.